The molecule has 28 rings (SSSR count). The summed E-state index contributed by atoms with van der Waals surface area (Å²) in [5.74, 6) is 16.3. The maximum Gasteiger partial charge on any atom is 0.229 e. The zero-order chi connectivity index (χ0) is 96.3. The summed E-state index contributed by atoms with van der Waals surface area (Å²) in [4.78, 5) is 78.4. The molecule has 16 aliphatic rings. The number of hydrazone groups is 1. The predicted molar refractivity (Wildman–Crippen MR) is 586 cm³/mol. The van der Waals surface area contributed by atoms with Crippen LogP contribution in [0.2, 0.25) is 0 Å². The minimum absolute atomic E-state index is 0.158. The summed E-state index contributed by atoms with van der Waals surface area (Å²) in [6.07, 6.45) is 30.2. The molecule has 24 heterocycles. The zero-order valence-electron chi connectivity index (χ0n) is 84.7. The molecule has 5 N–H and O–H groups in total. The minimum Gasteiger partial charge on any atom is -0.395 e. The molecule has 14 aliphatic heterocycles. The van der Waals surface area contributed by atoms with Crippen molar-refractivity contribution < 1.29 is 19.3 Å². The summed E-state index contributed by atoms with van der Waals surface area (Å²) in [5, 5.41) is 20.6. The first-order valence-corrected chi connectivity index (χ1v) is 58.5. The molecule has 0 atom stereocenters. The number of aryl methyl sites for hydroxylation is 2. The molecule has 2 aromatic carbocycles. The summed E-state index contributed by atoms with van der Waals surface area (Å²) in [7, 11) is 0. The van der Waals surface area contributed by atoms with Gasteiger partial charge in [0.25, 0.3) is 0 Å². The molecule has 0 radical (unpaired) electrons. The first-order chi connectivity index (χ1) is 71.2. The van der Waals surface area contributed by atoms with Gasteiger partial charge in [-0.05, 0) is 203 Å². The van der Waals surface area contributed by atoms with E-state index in [1.54, 1.807) is 0 Å². The Morgan fingerprint density at radius 3 is 1.13 bits per heavy atom. The van der Waals surface area contributed by atoms with Gasteiger partial charge in [0.1, 0.15) is 51.5 Å². The maximum absolute atomic E-state index is 9.67. The van der Waals surface area contributed by atoms with Crippen LogP contribution in [0.15, 0.2) is 53.6 Å². The average molecular weight is 2010 g/mol. The average Bonchev–Trinajstić information content (AvgIpc) is 1.60. The van der Waals surface area contributed by atoms with Crippen LogP contribution in [0.1, 0.15) is 201 Å². The van der Waals surface area contributed by atoms with E-state index >= 15 is 0 Å². The molecular formula is C109H146N28O4S3. The molecule has 10 fully saturated rings. The van der Waals surface area contributed by atoms with E-state index in [9.17, 15) is 5.11 Å². The van der Waals surface area contributed by atoms with Crippen LogP contribution in [-0.2, 0) is 116 Å². The fourth-order valence-electron chi connectivity index (χ4n) is 25.5. The van der Waals surface area contributed by atoms with E-state index in [0.717, 1.165) is 341 Å². The SMILES string of the molecule is C1CCN(c2nc(N3CCCC3)c3c4c(n(CCN5CCOCC5)c3n2)CCOC4)C1.C1CCN(c2nc(N3CCCC3)c3c4c(n(CCN5CCOCC5)c3n2)CCSC4)C1.CCCn1c2c(c3c(N4CCCC4)nc(N4CCCC4)nc31)CSCC2.Nc1nc(N/N=C2\CCc3ccccc3C2)c2c3c([nH]c2n1)Cc1ccccc1C3.OCCn1c2c(c3c(N4CCCC4)nc(N4CCCC4)nc31)CSCC2. The van der Waals surface area contributed by atoms with Crippen LogP contribution in [0.5, 0.6) is 0 Å². The number of morpholine rings is 2. The van der Waals surface area contributed by atoms with Gasteiger partial charge in [0.05, 0.1) is 73.2 Å². The Balaban J connectivity index is 0.0000000970. The van der Waals surface area contributed by atoms with Crippen molar-refractivity contribution in [1.29, 1.82) is 0 Å². The molecule has 35 heteroatoms. The van der Waals surface area contributed by atoms with Crippen molar-refractivity contribution in [2.75, 3.05) is 251 Å². The third-order valence-electron chi connectivity index (χ3n) is 32.9. The van der Waals surface area contributed by atoms with Gasteiger partial charge in [-0.1, -0.05) is 55.5 Å². The normalized spacial score (nSPS) is 20.4. The molecule has 144 heavy (non-hydrogen) atoms. The van der Waals surface area contributed by atoms with Gasteiger partial charge in [0.15, 0.2) is 5.82 Å². The van der Waals surface area contributed by atoms with Gasteiger partial charge in [0, 0.05) is 253 Å². The van der Waals surface area contributed by atoms with E-state index in [1.165, 1.54) is 244 Å². The van der Waals surface area contributed by atoms with Crippen molar-refractivity contribution in [1.82, 2.24) is 82.9 Å². The third kappa shape index (κ3) is 19.8. The summed E-state index contributed by atoms with van der Waals surface area (Å²) < 4.78 is 26.9. The van der Waals surface area contributed by atoms with Crippen LogP contribution in [0, 0.1) is 0 Å². The third-order valence-corrected chi connectivity index (χ3v) is 35.9. The van der Waals surface area contributed by atoms with Gasteiger partial charge >= 0.3 is 0 Å². The number of hydrogen-bond donors (Lipinski definition) is 4. The number of nitrogens with one attached hydrogen (secondary N) is 2. The Morgan fingerprint density at radius 2 is 0.722 bits per heavy atom. The Bertz CT molecular complexity index is 6300. The number of rotatable bonds is 20. The molecule has 0 bridgehead atoms. The van der Waals surface area contributed by atoms with Gasteiger partial charge in [-0.3, -0.25) is 15.2 Å². The number of hydrogen-bond acceptors (Lipinski definition) is 30. The van der Waals surface area contributed by atoms with Crippen LogP contribution >= 0.6 is 35.3 Å². The van der Waals surface area contributed by atoms with Crippen molar-refractivity contribution >= 4 is 155 Å². The quantitative estimate of drug-likeness (QED) is 0.0515. The Kier molecular flexibility index (Phi) is 29.5. The Labute approximate surface area is 859 Å². The van der Waals surface area contributed by atoms with Crippen molar-refractivity contribution in [3.05, 3.63) is 127 Å². The number of nitrogen functional groups attached to an aromatic ring is 1. The maximum atomic E-state index is 9.67. The number of aliphatic hydroxyl groups excluding tert-OH is 1. The second-order valence-corrected chi connectivity index (χ2v) is 45.3. The lowest BCUT2D eigenvalue weighted by Gasteiger charge is -2.27. The number of H-pyrrole nitrogens is 1. The van der Waals surface area contributed by atoms with Crippen LogP contribution < -0.4 is 50.4 Å². The fourth-order valence-corrected chi connectivity index (χ4v) is 28.4. The number of thioether (sulfide) groups is 3. The monoisotopic (exact) mass is 2010 g/mol. The highest BCUT2D eigenvalue weighted by Crippen LogP contribution is 2.47. The first kappa shape index (κ1) is 96.2. The zero-order valence-corrected chi connectivity index (χ0v) is 87.2. The lowest BCUT2D eigenvalue weighted by atomic mass is 9.89. The molecule has 10 aromatic heterocycles. The lowest BCUT2D eigenvalue weighted by Crippen LogP contribution is -2.38. The second-order valence-electron chi connectivity index (χ2n) is 42.0. The smallest absolute Gasteiger partial charge is 0.229 e. The molecule has 764 valence electrons. The summed E-state index contributed by atoms with van der Waals surface area (Å²) in [6, 6.07) is 17.2. The topological polar surface area (TPSA) is 295 Å². The fraction of sp³-hybridized carbons (Fsp3) is 0.606. The number of nitrogens with two attached hydrogens (primary N) is 1. The number of benzene rings is 2. The molecule has 0 amide bonds. The Hall–Kier alpha value is -9.98. The van der Waals surface area contributed by atoms with Crippen LogP contribution in [0.3, 0.4) is 0 Å². The van der Waals surface area contributed by atoms with Crippen LogP contribution in [0.25, 0.3) is 55.2 Å². The predicted octanol–water partition coefficient (Wildman–Crippen LogP) is 15.0. The van der Waals surface area contributed by atoms with Crippen LogP contribution in [0.4, 0.5) is 58.8 Å². The molecule has 10 saturated heterocycles. The number of anilines is 10. The number of aliphatic hydroxyl groups is 1. The van der Waals surface area contributed by atoms with Crippen molar-refractivity contribution in [3.63, 3.8) is 0 Å². The molecular weight excluding hydrogens is 1860 g/mol. The van der Waals surface area contributed by atoms with Gasteiger partial charge in [-0.25, -0.2) is 0 Å². The van der Waals surface area contributed by atoms with Gasteiger partial charge in [0.2, 0.25) is 29.7 Å². The standard InChI is InChI=1S/C24H22N6.C23H34N6O2.C23H34N6OS.C20H29N5S.C19H27N5OS/c25-24-27-22-21(19-12-16-7-3-4-8-17(16)13-20(19)26-22)23(28-24)30-29-18-10-9-14-5-1-2-6-15(14)11-18;1-2-7-27(6-1)21-20-18-17-31-14-5-19(18)29(11-10-26-12-15-30-16-13-26)22(20)25-23(24-21)28-8-3-4-9-28;1-2-7-27(6-1)21-20-18-17-31-16-5-19(18)29(11-10-26-12-14-30-15-13-26)22(20)25-23(24-21)28-8-3-4-9-28;1-2-8-25-16-7-13-26-14-15(16)17-18(23-9-3-4-10-23)21-20(22-19(17)25)24-11-5-6-12-24;25-11-10-24-15-5-12-26-13-14(15)16-17(22-6-1-2-7-22)20-19(21-18(16)24)23-8-3-4-9-23/h1-8H,9-13H2,(H4,25,26,27,28,30);2*1-17H2;2-14H2,1H3;25H,1-13H2/b29-18+;;;;. The largest absolute Gasteiger partial charge is 0.395 e. The first-order valence-electron chi connectivity index (χ1n) is 55.1. The molecule has 0 unspecified atom stereocenters. The molecule has 0 spiro atoms. The second kappa shape index (κ2) is 44.2. The lowest BCUT2D eigenvalue weighted by molar-refractivity contribution is 0.0362. The van der Waals surface area contributed by atoms with E-state index in [1.807, 2.05) is 11.8 Å². The molecule has 32 nitrogen and oxygen atoms in total. The summed E-state index contributed by atoms with van der Waals surface area (Å²) in [5.41, 5.74) is 35.3. The summed E-state index contributed by atoms with van der Waals surface area (Å²) >= 11 is 6.14. The molecule has 2 aliphatic carbocycles. The number of aromatic nitrogens is 15. The van der Waals surface area contributed by atoms with E-state index in [0.29, 0.717) is 19.0 Å². The minimum atomic E-state index is 0.158. The van der Waals surface area contributed by atoms with Crippen molar-refractivity contribution in [3.8, 4) is 0 Å². The van der Waals surface area contributed by atoms with Crippen LogP contribution in [-0.4, -0.2) is 295 Å². The van der Waals surface area contributed by atoms with E-state index in [2.05, 4.69) is 167 Å². The van der Waals surface area contributed by atoms with Gasteiger partial charge in [-0.15, -0.1) is 0 Å². The van der Waals surface area contributed by atoms with E-state index in [4.69, 9.17) is 64.9 Å². The number of nitrogens with zero attached hydrogens (tertiary/aromatic N) is 25. The highest BCUT2D eigenvalue weighted by Gasteiger charge is 2.38. The van der Waals surface area contributed by atoms with Gasteiger partial charge < -0.3 is 87.5 Å². The van der Waals surface area contributed by atoms with E-state index < -0.39 is 0 Å². The highest BCUT2D eigenvalue weighted by molar-refractivity contribution is 7.99. The number of aromatic amines is 1. The summed E-state index contributed by atoms with van der Waals surface area (Å²) in [6.45, 7) is 34.9. The molecule has 12 aromatic rings. The Morgan fingerprint density at radius 1 is 0.354 bits per heavy atom. The molecule has 0 saturated carbocycles. The number of fused-ring (bicyclic) bond motifs is 17. The van der Waals surface area contributed by atoms with Crippen molar-refractivity contribution in [2.24, 2.45) is 5.10 Å². The highest BCUT2D eigenvalue weighted by atomic mass is 32.2. The van der Waals surface area contributed by atoms with E-state index in [-0.39, 0.29) is 12.6 Å². The number of ether oxygens (including phenoxy) is 3. The van der Waals surface area contributed by atoms with Crippen molar-refractivity contribution in [2.45, 2.75) is 224 Å². The van der Waals surface area contributed by atoms with Gasteiger partial charge in [-0.2, -0.15) is 90.2 Å².